The van der Waals surface area contributed by atoms with Crippen LogP contribution in [0.4, 0.5) is 15.8 Å². The molecule has 3 N–H and O–H groups in total. The van der Waals surface area contributed by atoms with Gasteiger partial charge in [-0.25, -0.2) is 4.39 Å². The van der Waals surface area contributed by atoms with Crippen LogP contribution in [0.15, 0.2) is 12.1 Å². The molecule has 0 aliphatic rings. The van der Waals surface area contributed by atoms with Crippen LogP contribution in [0, 0.1) is 9.39 Å². The number of halogens is 2. The third-order valence-electron chi connectivity index (χ3n) is 2.58. The lowest BCUT2D eigenvalue weighted by atomic mass is 10.2. The third kappa shape index (κ3) is 4.95. The average molecular weight is 367 g/mol. The van der Waals surface area contributed by atoms with Gasteiger partial charge in [-0.2, -0.15) is 0 Å². The molecule has 0 aromatic heterocycles. The summed E-state index contributed by atoms with van der Waals surface area (Å²) in [5, 5.41) is 3.14. The summed E-state index contributed by atoms with van der Waals surface area (Å²) in [5.74, 6) is -0.250. The maximum Gasteiger partial charge on any atom is 0.138 e. The summed E-state index contributed by atoms with van der Waals surface area (Å²) in [6.07, 6.45) is 0. The minimum atomic E-state index is -0.250. The second-order valence-electron chi connectivity index (χ2n) is 4.08. The van der Waals surface area contributed by atoms with E-state index in [9.17, 15) is 4.39 Å². The number of rotatable bonds is 7. The van der Waals surface area contributed by atoms with Crippen LogP contribution in [0.2, 0.25) is 0 Å². The van der Waals surface area contributed by atoms with E-state index in [1.54, 1.807) is 13.2 Å². The van der Waals surface area contributed by atoms with Gasteiger partial charge in [0.25, 0.3) is 0 Å². The van der Waals surface area contributed by atoms with Crippen molar-refractivity contribution in [2.24, 2.45) is 0 Å². The highest BCUT2D eigenvalue weighted by atomic mass is 127. The van der Waals surface area contributed by atoms with Crippen LogP contribution in [0.5, 0.6) is 0 Å². The molecule has 0 saturated heterocycles. The molecule has 1 aromatic carbocycles. The van der Waals surface area contributed by atoms with E-state index >= 15 is 0 Å². The first-order valence-corrected chi connectivity index (χ1v) is 6.78. The van der Waals surface area contributed by atoms with Gasteiger partial charge in [0.15, 0.2) is 0 Å². The fraction of sp³-hybridized carbons (Fsp3) is 0.500. The number of ether oxygens (including phenoxy) is 1. The van der Waals surface area contributed by atoms with Crippen molar-refractivity contribution in [3.63, 3.8) is 0 Å². The van der Waals surface area contributed by atoms with Gasteiger partial charge in [0.2, 0.25) is 0 Å². The van der Waals surface area contributed by atoms with E-state index in [0.717, 1.165) is 13.1 Å². The van der Waals surface area contributed by atoms with Gasteiger partial charge in [-0.1, -0.05) is 0 Å². The molecule has 18 heavy (non-hydrogen) atoms. The largest absolute Gasteiger partial charge is 0.397 e. The first-order valence-electron chi connectivity index (χ1n) is 5.70. The van der Waals surface area contributed by atoms with Crippen LogP contribution in [-0.4, -0.2) is 45.3 Å². The van der Waals surface area contributed by atoms with Crippen LogP contribution in [0.3, 0.4) is 0 Å². The van der Waals surface area contributed by atoms with E-state index in [1.807, 2.05) is 29.6 Å². The molecule has 0 radical (unpaired) electrons. The van der Waals surface area contributed by atoms with Crippen LogP contribution in [0.1, 0.15) is 0 Å². The normalized spacial score (nSPS) is 10.9. The molecule has 0 bridgehead atoms. The Balaban J connectivity index is 2.42. The number of nitrogens with zero attached hydrogens (tertiary/aromatic N) is 1. The molecular weight excluding hydrogens is 348 g/mol. The molecular formula is C12H19FIN3O. The van der Waals surface area contributed by atoms with Crippen LogP contribution < -0.4 is 11.1 Å². The number of methoxy groups -OCH3 is 1. The fourth-order valence-corrected chi connectivity index (χ4v) is 1.95. The Morgan fingerprint density at radius 1 is 1.44 bits per heavy atom. The van der Waals surface area contributed by atoms with E-state index in [0.29, 0.717) is 28.1 Å². The van der Waals surface area contributed by atoms with E-state index < -0.39 is 0 Å². The second-order valence-corrected chi connectivity index (χ2v) is 5.24. The highest BCUT2D eigenvalue weighted by Gasteiger charge is 2.05. The number of hydrogen-bond donors (Lipinski definition) is 2. The van der Waals surface area contributed by atoms with E-state index in [-0.39, 0.29) is 5.82 Å². The summed E-state index contributed by atoms with van der Waals surface area (Å²) < 4.78 is 18.9. The fourth-order valence-electron chi connectivity index (χ4n) is 1.46. The first kappa shape index (κ1) is 15.5. The van der Waals surface area contributed by atoms with Crippen molar-refractivity contribution in [2.45, 2.75) is 0 Å². The number of nitrogen functional groups attached to an aromatic ring is 1. The van der Waals surface area contributed by atoms with Gasteiger partial charge in [-0.15, -0.1) is 0 Å². The smallest absolute Gasteiger partial charge is 0.138 e. The Morgan fingerprint density at radius 3 is 2.83 bits per heavy atom. The highest BCUT2D eigenvalue weighted by molar-refractivity contribution is 14.1. The van der Waals surface area contributed by atoms with E-state index in [4.69, 9.17) is 10.5 Å². The maximum absolute atomic E-state index is 13.4. The number of nitrogens with two attached hydrogens (primary N) is 1. The van der Waals surface area contributed by atoms with E-state index in [2.05, 4.69) is 10.2 Å². The Hall–Kier alpha value is -0.600. The lowest BCUT2D eigenvalue weighted by molar-refractivity contribution is 0.163. The van der Waals surface area contributed by atoms with E-state index in [1.165, 1.54) is 6.07 Å². The van der Waals surface area contributed by atoms with Crippen molar-refractivity contribution in [2.75, 3.05) is 51.4 Å². The van der Waals surface area contributed by atoms with Gasteiger partial charge in [0, 0.05) is 32.8 Å². The Labute approximate surface area is 121 Å². The zero-order valence-corrected chi connectivity index (χ0v) is 12.8. The van der Waals surface area contributed by atoms with Gasteiger partial charge >= 0.3 is 0 Å². The van der Waals surface area contributed by atoms with Crippen molar-refractivity contribution < 1.29 is 9.13 Å². The number of hydrogen-bond acceptors (Lipinski definition) is 4. The second kappa shape index (κ2) is 7.75. The highest BCUT2D eigenvalue weighted by Crippen LogP contribution is 2.23. The lowest BCUT2D eigenvalue weighted by Gasteiger charge is -2.17. The van der Waals surface area contributed by atoms with Crippen LogP contribution in [-0.2, 0) is 4.74 Å². The molecule has 0 spiro atoms. The van der Waals surface area contributed by atoms with Crippen molar-refractivity contribution in [1.29, 1.82) is 0 Å². The molecule has 6 heteroatoms. The van der Waals surface area contributed by atoms with Gasteiger partial charge in [-0.05, 0) is 35.7 Å². The summed E-state index contributed by atoms with van der Waals surface area (Å²) in [6.45, 7) is 3.13. The molecule has 102 valence electrons. The lowest BCUT2D eigenvalue weighted by Crippen LogP contribution is -2.28. The predicted octanol–water partition coefficient (Wildman–Crippen LogP) is 2.00. The zero-order chi connectivity index (χ0) is 13.5. The van der Waals surface area contributed by atoms with Gasteiger partial charge in [0.1, 0.15) is 5.82 Å². The minimum Gasteiger partial charge on any atom is -0.397 e. The number of benzene rings is 1. The summed E-state index contributed by atoms with van der Waals surface area (Å²) in [4.78, 5) is 2.13. The molecule has 0 saturated carbocycles. The molecule has 4 nitrogen and oxygen atoms in total. The SMILES string of the molecule is COCCN(C)CCNc1cc(F)c(I)cc1N. The van der Waals surface area contributed by atoms with Gasteiger partial charge in [-0.3, -0.25) is 0 Å². The van der Waals surface area contributed by atoms with Crippen LogP contribution >= 0.6 is 22.6 Å². The summed E-state index contributed by atoms with van der Waals surface area (Å²) in [7, 11) is 3.69. The molecule has 0 aliphatic carbocycles. The Kier molecular flexibility index (Phi) is 6.66. The van der Waals surface area contributed by atoms with Gasteiger partial charge in [0.05, 0.1) is 21.6 Å². The predicted molar refractivity (Wildman–Crippen MR) is 81.4 cm³/mol. The summed E-state index contributed by atoms with van der Waals surface area (Å²) in [5.41, 5.74) is 7.04. The minimum absolute atomic E-state index is 0.250. The van der Waals surface area contributed by atoms with Crippen molar-refractivity contribution in [1.82, 2.24) is 4.90 Å². The van der Waals surface area contributed by atoms with Crippen molar-refractivity contribution >= 4 is 34.0 Å². The topological polar surface area (TPSA) is 50.5 Å². The molecule has 0 fully saturated rings. The molecule has 0 atom stereocenters. The third-order valence-corrected chi connectivity index (χ3v) is 3.41. The first-order chi connectivity index (χ1) is 8.54. The Bertz CT molecular complexity index is 390. The molecule has 1 aromatic rings. The molecule has 0 heterocycles. The molecule has 1 rings (SSSR count). The van der Waals surface area contributed by atoms with Crippen molar-refractivity contribution in [3.8, 4) is 0 Å². The maximum atomic E-state index is 13.4. The molecule has 0 amide bonds. The molecule has 0 aliphatic heterocycles. The zero-order valence-electron chi connectivity index (χ0n) is 10.7. The quantitative estimate of drug-likeness (QED) is 0.572. The summed E-state index contributed by atoms with van der Waals surface area (Å²) >= 11 is 1.93. The number of nitrogens with one attached hydrogen (secondary N) is 1. The monoisotopic (exact) mass is 367 g/mol. The Morgan fingerprint density at radius 2 is 2.17 bits per heavy atom. The summed E-state index contributed by atoms with van der Waals surface area (Å²) in [6, 6.07) is 3.07. The number of anilines is 2. The standard InChI is InChI=1S/C12H19FIN3O/c1-17(5-6-18-2)4-3-16-12-7-9(13)10(14)8-11(12)15/h7-8,16H,3-6,15H2,1-2H3. The van der Waals surface area contributed by atoms with Gasteiger partial charge < -0.3 is 20.7 Å². The number of likely N-dealkylation sites (N-methyl/N-ethyl adjacent to an activating group) is 1. The molecule has 0 unspecified atom stereocenters. The van der Waals surface area contributed by atoms with Crippen LogP contribution in [0.25, 0.3) is 0 Å². The average Bonchev–Trinajstić information content (AvgIpc) is 2.33. The van der Waals surface area contributed by atoms with Crippen molar-refractivity contribution in [3.05, 3.63) is 21.5 Å².